The summed E-state index contributed by atoms with van der Waals surface area (Å²) in [4.78, 5) is 17.6. The van der Waals surface area contributed by atoms with Gasteiger partial charge < -0.3 is 33.9 Å². The normalized spacial score (nSPS) is 20.0. The summed E-state index contributed by atoms with van der Waals surface area (Å²) in [6.07, 6.45) is -1.86. The van der Waals surface area contributed by atoms with Gasteiger partial charge in [0.1, 0.15) is 12.7 Å². The Bertz CT molecular complexity index is 1810. The van der Waals surface area contributed by atoms with Crippen LogP contribution in [0, 0.1) is 11.8 Å². The Morgan fingerprint density at radius 1 is 0.961 bits per heavy atom. The van der Waals surface area contributed by atoms with Crippen molar-refractivity contribution in [2.24, 2.45) is 11.8 Å². The predicted octanol–water partition coefficient (Wildman–Crippen LogP) is 4.56. The number of fused-ring (bicyclic) bond motifs is 1. The lowest BCUT2D eigenvalue weighted by molar-refractivity contribution is -0.0907. The topological polar surface area (TPSA) is 163 Å². The Hall–Kier alpha value is -4.18. The number of carbonyl (C=O) groups excluding carboxylic acids is 1. The first-order chi connectivity index (χ1) is 24.7. The Kier molecular flexibility index (Phi) is 12.1. The second-order valence-corrected chi connectivity index (χ2v) is 15.1. The van der Waals surface area contributed by atoms with Gasteiger partial charge in [0, 0.05) is 18.7 Å². The van der Waals surface area contributed by atoms with Crippen LogP contribution in [0.5, 0.6) is 0 Å². The van der Waals surface area contributed by atoms with E-state index in [4.69, 9.17) is 23.5 Å². The van der Waals surface area contributed by atoms with Crippen molar-refractivity contribution >= 4 is 16.1 Å². The summed E-state index contributed by atoms with van der Waals surface area (Å²) < 4.78 is 57.2. The molecule has 6 rings (SSSR count). The van der Waals surface area contributed by atoms with Crippen molar-refractivity contribution in [2.75, 3.05) is 26.3 Å². The van der Waals surface area contributed by atoms with Crippen LogP contribution < -0.4 is 5.32 Å². The van der Waals surface area contributed by atoms with Crippen LogP contribution in [-0.4, -0.2) is 84.9 Å². The lowest BCUT2D eigenvalue weighted by Crippen LogP contribution is -2.51. The third kappa shape index (κ3) is 9.58. The third-order valence-corrected chi connectivity index (χ3v) is 10.7. The van der Waals surface area contributed by atoms with Gasteiger partial charge in [-0.1, -0.05) is 79.7 Å². The van der Waals surface area contributed by atoms with Crippen molar-refractivity contribution in [1.82, 2.24) is 19.8 Å². The smallest absolute Gasteiger partial charge is 0.407 e. The molecule has 3 heterocycles. The van der Waals surface area contributed by atoms with E-state index in [9.17, 15) is 18.3 Å². The monoisotopic (exact) mass is 720 g/mol. The van der Waals surface area contributed by atoms with Crippen LogP contribution in [0.25, 0.3) is 11.4 Å². The number of amides is 1. The van der Waals surface area contributed by atoms with Crippen LogP contribution in [0.2, 0.25) is 0 Å². The van der Waals surface area contributed by atoms with E-state index < -0.39 is 34.4 Å². The lowest BCUT2D eigenvalue weighted by Gasteiger charge is -2.31. The fourth-order valence-corrected chi connectivity index (χ4v) is 7.84. The minimum absolute atomic E-state index is 0.0376. The van der Waals surface area contributed by atoms with Crippen LogP contribution in [0.4, 0.5) is 4.79 Å². The molecule has 0 aliphatic carbocycles. The molecule has 0 bridgehead atoms. The second-order valence-electron chi connectivity index (χ2n) is 13.2. The number of hydrogen-bond acceptors (Lipinski definition) is 11. The average molecular weight is 721 g/mol. The van der Waals surface area contributed by atoms with Crippen LogP contribution in [0.3, 0.4) is 0 Å². The minimum atomic E-state index is -4.07. The highest BCUT2D eigenvalue weighted by atomic mass is 32.2. The quantitative estimate of drug-likeness (QED) is 0.167. The number of ether oxygens (including phenoxy) is 4. The molecular formula is C37H44N4O9S. The molecule has 5 atom stereocenters. The van der Waals surface area contributed by atoms with Gasteiger partial charge >= 0.3 is 6.09 Å². The summed E-state index contributed by atoms with van der Waals surface area (Å²) >= 11 is 0. The highest BCUT2D eigenvalue weighted by Gasteiger charge is 2.44. The lowest BCUT2D eigenvalue weighted by atomic mass is 10.0. The van der Waals surface area contributed by atoms with Gasteiger partial charge in [-0.3, -0.25) is 0 Å². The standard InChI is InChI=1S/C37H44N4O9S/c1-25(2)20-41(21-32(42)31(19-26-9-5-3-6-10-26)38-37(43)49-33-23-48-36-30(33)17-18-47-36)51(44,45)29-15-13-28(14-16-29)35-39-34(50-40-35)24-46-22-27-11-7-4-8-12-27/h3-16,25,30-33,36,42H,17-24H2,1-2H3,(H,38,43)/t30?,31-,32+,33?,36?/m0/s1. The molecule has 2 N–H and O–H groups in total. The van der Waals surface area contributed by atoms with Gasteiger partial charge in [-0.25, -0.2) is 13.2 Å². The van der Waals surface area contributed by atoms with Crippen LogP contribution in [-0.2, 0) is 48.6 Å². The van der Waals surface area contributed by atoms with Gasteiger partial charge in [-0.15, -0.1) is 0 Å². The van der Waals surface area contributed by atoms with E-state index in [1.54, 1.807) is 12.1 Å². The maximum absolute atomic E-state index is 14.0. The largest absolute Gasteiger partial charge is 0.443 e. The summed E-state index contributed by atoms with van der Waals surface area (Å²) in [6, 6.07) is 24.4. The van der Waals surface area contributed by atoms with E-state index in [1.165, 1.54) is 16.4 Å². The SMILES string of the molecule is CC(C)CN(C[C@@H](O)[C@H](Cc1ccccc1)NC(=O)OC1COC2OCCC12)S(=O)(=O)c1ccc(-c2noc(COCc3ccccc3)n2)cc1. The van der Waals surface area contributed by atoms with E-state index in [0.29, 0.717) is 30.5 Å². The van der Waals surface area contributed by atoms with Crippen molar-refractivity contribution in [3.63, 3.8) is 0 Å². The van der Waals surface area contributed by atoms with Gasteiger partial charge in [0.25, 0.3) is 5.89 Å². The van der Waals surface area contributed by atoms with E-state index in [-0.39, 0.29) is 55.7 Å². The molecule has 14 heteroatoms. The fraction of sp³-hybridized carbons (Fsp3) is 0.432. The van der Waals surface area contributed by atoms with Gasteiger partial charge in [0.05, 0.1) is 42.8 Å². The molecular weight excluding hydrogens is 676 g/mol. The first-order valence-electron chi connectivity index (χ1n) is 17.1. The van der Waals surface area contributed by atoms with Gasteiger partial charge in [-0.05, 0) is 54.2 Å². The zero-order chi connectivity index (χ0) is 35.8. The van der Waals surface area contributed by atoms with Crippen molar-refractivity contribution in [3.05, 3.63) is 102 Å². The average Bonchev–Trinajstić information content (AvgIpc) is 3.88. The molecule has 4 aromatic rings. The number of nitrogens with zero attached hydrogens (tertiary/aromatic N) is 3. The number of carbonyl (C=O) groups is 1. The van der Waals surface area contributed by atoms with Crippen LogP contribution in [0.15, 0.2) is 94.3 Å². The molecule has 51 heavy (non-hydrogen) atoms. The summed E-state index contributed by atoms with van der Waals surface area (Å²) in [5.41, 5.74) is 2.44. The zero-order valence-corrected chi connectivity index (χ0v) is 29.5. The number of aliphatic hydroxyl groups excluding tert-OH is 1. The predicted molar refractivity (Wildman–Crippen MR) is 185 cm³/mol. The molecule has 2 aliphatic rings. The van der Waals surface area contributed by atoms with E-state index >= 15 is 0 Å². The number of benzene rings is 3. The molecule has 2 fully saturated rings. The summed E-state index contributed by atoms with van der Waals surface area (Å²) in [6.45, 7) is 4.97. The summed E-state index contributed by atoms with van der Waals surface area (Å²) in [7, 11) is -4.07. The number of hydrogen-bond donors (Lipinski definition) is 2. The van der Waals surface area contributed by atoms with Crippen molar-refractivity contribution in [2.45, 2.75) is 69.3 Å². The Morgan fingerprint density at radius 3 is 2.37 bits per heavy atom. The molecule has 0 radical (unpaired) electrons. The molecule has 3 aromatic carbocycles. The number of aliphatic hydroxyl groups is 1. The van der Waals surface area contributed by atoms with Crippen molar-refractivity contribution in [3.8, 4) is 11.4 Å². The van der Waals surface area contributed by atoms with Gasteiger partial charge in [0.15, 0.2) is 6.29 Å². The van der Waals surface area contributed by atoms with Crippen molar-refractivity contribution in [1.29, 1.82) is 0 Å². The fourth-order valence-electron chi connectivity index (χ4n) is 6.22. The molecule has 2 saturated heterocycles. The summed E-state index contributed by atoms with van der Waals surface area (Å²) in [5, 5.41) is 18.4. The number of alkyl carbamates (subject to hydrolysis) is 1. The Morgan fingerprint density at radius 2 is 1.67 bits per heavy atom. The molecule has 3 unspecified atom stereocenters. The molecule has 1 aromatic heterocycles. The highest BCUT2D eigenvalue weighted by Crippen LogP contribution is 2.33. The molecule has 1 amide bonds. The first kappa shape index (κ1) is 36.6. The van der Waals surface area contributed by atoms with E-state index in [1.807, 2.05) is 74.5 Å². The molecule has 2 aliphatic heterocycles. The maximum atomic E-state index is 14.0. The molecule has 13 nitrogen and oxygen atoms in total. The number of nitrogens with one attached hydrogen (secondary N) is 1. The minimum Gasteiger partial charge on any atom is -0.443 e. The van der Waals surface area contributed by atoms with Crippen LogP contribution in [0.1, 0.15) is 37.3 Å². The second kappa shape index (κ2) is 16.9. The number of rotatable bonds is 16. The van der Waals surface area contributed by atoms with Crippen LogP contribution >= 0.6 is 0 Å². The maximum Gasteiger partial charge on any atom is 0.407 e. The zero-order valence-electron chi connectivity index (χ0n) is 28.7. The molecule has 272 valence electrons. The summed E-state index contributed by atoms with van der Waals surface area (Å²) in [5.74, 6) is 0.495. The van der Waals surface area contributed by atoms with E-state index in [0.717, 1.165) is 17.5 Å². The molecule has 0 saturated carbocycles. The Labute approximate surface area is 297 Å². The van der Waals surface area contributed by atoms with Gasteiger partial charge in [0.2, 0.25) is 15.8 Å². The first-order valence-corrected chi connectivity index (χ1v) is 18.6. The molecule has 0 spiro atoms. The van der Waals surface area contributed by atoms with Gasteiger partial charge in [-0.2, -0.15) is 9.29 Å². The Balaban J connectivity index is 1.12. The third-order valence-electron chi connectivity index (χ3n) is 8.82. The number of aromatic nitrogens is 2. The number of sulfonamides is 1. The van der Waals surface area contributed by atoms with Crippen molar-refractivity contribution < 1.29 is 41.8 Å². The van der Waals surface area contributed by atoms with E-state index in [2.05, 4.69) is 15.5 Å². The highest BCUT2D eigenvalue weighted by molar-refractivity contribution is 7.89.